The van der Waals surface area contributed by atoms with Crippen LogP contribution in [0.5, 0.6) is 23.3 Å². The third kappa shape index (κ3) is 3.25. The molecule has 7 nitrogen and oxygen atoms in total. The largest absolute Gasteiger partial charge is 0.504 e. The predicted molar refractivity (Wildman–Crippen MR) is 77.1 cm³/mol. The van der Waals surface area contributed by atoms with E-state index in [0.717, 1.165) is 5.69 Å². The highest BCUT2D eigenvalue weighted by molar-refractivity contribution is 5.54. The Morgan fingerprint density at radius 1 is 1.05 bits per heavy atom. The van der Waals surface area contributed by atoms with Gasteiger partial charge in [-0.05, 0) is 12.1 Å². The monoisotopic (exact) mass is 291 g/mol. The van der Waals surface area contributed by atoms with E-state index in [4.69, 9.17) is 14.2 Å². The molecular formula is C14H17N3O4. The van der Waals surface area contributed by atoms with Crippen molar-refractivity contribution in [1.29, 1.82) is 0 Å². The number of rotatable bonds is 6. The van der Waals surface area contributed by atoms with E-state index in [2.05, 4.69) is 15.3 Å². The fraction of sp³-hybridized carbons (Fsp3) is 0.286. The molecule has 0 aliphatic heterocycles. The maximum Gasteiger partial charge on any atom is 0.225 e. The number of methoxy groups -OCH3 is 3. The standard InChI is InChI=1S/C14H17N3O4/c1-19-12-5-4-9(6-11(12)18)15-7-10-13(20-2)16-8-17-14(10)21-3/h4-6,8,15,18H,7H2,1-3H3. The Morgan fingerprint density at radius 3 is 2.24 bits per heavy atom. The molecule has 0 aliphatic rings. The molecule has 2 N–H and O–H groups in total. The molecule has 2 aromatic rings. The summed E-state index contributed by atoms with van der Waals surface area (Å²) < 4.78 is 15.4. The molecule has 0 amide bonds. The van der Waals surface area contributed by atoms with Crippen LogP contribution in [0.3, 0.4) is 0 Å². The van der Waals surface area contributed by atoms with E-state index < -0.39 is 0 Å². The van der Waals surface area contributed by atoms with Gasteiger partial charge in [-0.25, -0.2) is 9.97 Å². The molecule has 0 unspecified atom stereocenters. The highest BCUT2D eigenvalue weighted by Crippen LogP contribution is 2.30. The zero-order valence-corrected chi connectivity index (χ0v) is 12.1. The number of aromatic nitrogens is 2. The summed E-state index contributed by atoms with van der Waals surface area (Å²) in [4.78, 5) is 8.08. The van der Waals surface area contributed by atoms with Crippen molar-refractivity contribution in [2.45, 2.75) is 6.54 Å². The molecule has 112 valence electrons. The van der Waals surface area contributed by atoms with Crippen LogP contribution in [0.25, 0.3) is 0 Å². The van der Waals surface area contributed by atoms with E-state index in [0.29, 0.717) is 29.6 Å². The number of ether oxygens (including phenoxy) is 3. The summed E-state index contributed by atoms with van der Waals surface area (Å²) in [5, 5.41) is 12.9. The third-order valence-electron chi connectivity index (χ3n) is 2.90. The van der Waals surface area contributed by atoms with E-state index in [-0.39, 0.29) is 5.75 Å². The van der Waals surface area contributed by atoms with Gasteiger partial charge in [0.1, 0.15) is 6.33 Å². The Balaban J connectivity index is 2.18. The number of hydrogen-bond acceptors (Lipinski definition) is 7. The number of nitrogens with one attached hydrogen (secondary N) is 1. The smallest absolute Gasteiger partial charge is 0.225 e. The van der Waals surface area contributed by atoms with Crippen molar-refractivity contribution in [2.75, 3.05) is 26.6 Å². The van der Waals surface area contributed by atoms with E-state index >= 15 is 0 Å². The van der Waals surface area contributed by atoms with Crippen molar-refractivity contribution in [3.63, 3.8) is 0 Å². The van der Waals surface area contributed by atoms with Crippen molar-refractivity contribution in [3.05, 3.63) is 30.1 Å². The lowest BCUT2D eigenvalue weighted by atomic mass is 10.2. The van der Waals surface area contributed by atoms with Crippen LogP contribution >= 0.6 is 0 Å². The first-order valence-corrected chi connectivity index (χ1v) is 6.22. The number of phenols is 1. The lowest BCUT2D eigenvalue weighted by Crippen LogP contribution is -2.06. The second-order valence-corrected chi connectivity index (χ2v) is 4.11. The first-order valence-electron chi connectivity index (χ1n) is 6.22. The van der Waals surface area contributed by atoms with E-state index in [1.54, 1.807) is 18.2 Å². The van der Waals surface area contributed by atoms with Crippen LogP contribution in [0.2, 0.25) is 0 Å². The molecule has 0 fully saturated rings. The van der Waals surface area contributed by atoms with Crippen LogP contribution < -0.4 is 19.5 Å². The predicted octanol–water partition coefficient (Wildman–Crippen LogP) is 1.82. The second kappa shape index (κ2) is 6.65. The fourth-order valence-electron chi connectivity index (χ4n) is 1.87. The van der Waals surface area contributed by atoms with Crippen LogP contribution in [0, 0.1) is 0 Å². The molecule has 0 saturated heterocycles. The third-order valence-corrected chi connectivity index (χ3v) is 2.90. The lowest BCUT2D eigenvalue weighted by molar-refractivity contribution is 0.363. The second-order valence-electron chi connectivity index (χ2n) is 4.11. The molecule has 1 aromatic carbocycles. The minimum Gasteiger partial charge on any atom is -0.504 e. The van der Waals surface area contributed by atoms with Gasteiger partial charge in [0.2, 0.25) is 11.8 Å². The number of phenolic OH excluding ortho intramolecular Hbond substituents is 1. The first kappa shape index (κ1) is 14.7. The molecule has 0 saturated carbocycles. The normalized spacial score (nSPS) is 10.0. The van der Waals surface area contributed by atoms with E-state index in [1.165, 1.54) is 27.7 Å². The van der Waals surface area contributed by atoms with Gasteiger partial charge >= 0.3 is 0 Å². The number of aromatic hydroxyl groups is 1. The van der Waals surface area contributed by atoms with Gasteiger partial charge in [-0.2, -0.15) is 0 Å². The van der Waals surface area contributed by atoms with Crippen molar-refractivity contribution < 1.29 is 19.3 Å². The van der Waals surface area contributed by atoms with Crippen molar-refractivity contribution in [3.8, 4) is 23.3 Å². The number of hydrogen-bond donors (Lipinski definition) is 2. The summed E-state index contributed by atoms with van der Waals surface area (Å²) in [7, 11) is 4.56. The Bertz CT molecular complexity index is 597. The minimum atomic E-state index is 0.0609. The van der Waals surface area contributed by atoms with Gasteiger partial charge < -0.3 is 24.6 Å². The molecule has 0 radical (unpaired) electrons. The minimum absolute atomic E-state index is 0.0609. The summed E-state index contributed by atoms with van der Waals surface area (Å²) in [5.41, 5.74) is 1.42. The van der Waals surface area contributed by atoms with Gasteiger partial charge in [0, 0.05) is 11.8 Å². The highest BCUT2D eigenvalue weighted by Gasteiger charge is 2.13. The van der Waals surface area contributed by atoms with Crippen LogP contribution in [0.1, 0.15) is 5.56 Å². The fourth-order valence-corrected chi connectivity index (χ4v) is 1.87. The van der Waals surface area contributed by atoms with Crippen LogP contribution in [0.4, 0.5) is 5.69 Å². The molecule has 1 heterocycles. The molecular weight excluding hydrogens is 274 g/mol. The summed E-state index contributed by atoms with van der Waals surface area (Å²) in [6.45, 7) is 0.388. The van der Waals surface area contributed by atoms with E-state index in [1.807, 2.05) is 0 Å². The molecule has 21 heavy (non-hydrogen) atoms. The highest BCUT2D eigenvalue weighted by atomic mass is 16.5. The number of anilines is 1. The zero-order chi connectivity index (χ0) is 15.2. The van der Waals surface area contributed by atoms with Gasteiger partial charge in [-0.1, -0.05) is 0 Å². The van der Waals surface area contributed by atoms with E-state index in [9.17, 15) is 5.11 Å². The molecule has 0 aliphatic carbocycles. The topological polar surface area (TPSA) is 85.7 Å². The molecule has 0 bridgehead atoms. The van der Waals surface area contributed by atoms with Gasteiger partial charge in [0.25, 0.3) is 0 Å². The molecule has 2 rings (SSSR count). The summed E-state index contributed by atoms with van der Waals surface area (Å²) >= 11 is 0. The van der Waals surface area contributed by atoms with Gasteiger partial charge in [0.15, 0.2) is 11.5 Å². The molecule has 1 aromatic heterocycles. The Hall–Kier alpha value is -2.70. The first-order chi connectivity index (χ1) is 10.2. The van der Waals surface area contributed by atoms with Crippen molar-refractivity contribution in [2.24, 2.45) is 0 Å². The maximum atomic E-state index is 9.75. The average molecular weight is 291 g/mol. The summed E-state index contributed by atoms with van der Waals surface area (Å²) in [6, 6.07) is 5.04. The maximum absolute atomic E-state index is 9.75. The summed E-state index contributed by atoms with van der Waals surface area (Å²) in [6.07, 6.45) is 1.38. The van der Waals surface area contributed by atoms with Gasteiger partial charge in [-0.3, -0.25) is 0 Å². The molecule has 0 atom stereocenters. The van der Waals surface area contributed by atoms with Crippen LogP contribution in [-0.2, 0) is 6.54 Å². The average Bonchev–Trinajstić information content (AvgIpc) is 2.52. The quantitative estimate of drug-likeness (QED) is 0.839. The Morgan fingerprint density at radius 2 is 1.71 bits per heavy atom. The van der Waals surface area contributed by atoms with Crippen LogP contribution in [-0.4, -0.2) is 36.4 Å². The summed E-state index contributed by atoms with van der Waals surface area (Å²) in [5.74, 6) is 1.35. The molecule has 7 heteroatoms. The SMILES string of the molecule is COc1ccc(NCc2c(OC)ncnc2OC)cc1O. The van der Waals surface area contributed by atoms with Crippen molar-refractivity contribution in [1.82, 2.24) is 9.97 Å². The Kier molecular flexibility index (Phi) is 4.65. The molecule has 0 spiro atoms. The van der Waals surface area contributed by atoms with Crippen molar-refractivity contribution >= 4 is 5.69 Å². The lowest BCUT2D eigenvalue weighted by Gasteiger charge is -2.13. The van der Waals surface area contributed by atoms with Gasteiger partial charge in [0.05, 0.1) is 33.4 Å². The number of benzene rings is 1. The zero-order valence-electron chi connectivity index (χ0n) is 12.1. The number of nitrogens with zero attached hydrogens (tertiary/aromatic N) is 2. The van der Waals surface area contributed by atoms with Gasteiger partial charge in [-0.15, -0.1) is 0 Å². The van der Waals surface area contributed by atoms with Crippen LogP contribution in [0.15, 0.2) is 24.5 Å². The Labute approximate surface area is 122 Å².